The lowest BCUT2D eigenvalue weighted by atomic mass is 9.96. The minimum Gasteiger partial charge on any atom is -0.0622 e. The minimum atomic E-state index is 1.02. The van der Waals surface area contributed by atoms with Gasteiger partial charge in [0.1, 0.15) is 0 Å². The summed E-state index contributed by atoms with van der Waals surface area (Å²) >= 11 is 0. The van der Waals surface area contributed by atoms with E-state index in [2.05, 4.69) is 78.6 Å². The molecule has 0 saturated carbocycles. The Morgan fingerprint density at radius 3 is 1.27 bits per heavy atom. The van der Waals surface area contributed by atoms with E-state index in [9.17, 15) is 0 Å². The highest BCUT2D eigenvalue weighted by Gasteiger charge is 2.04. The lowest BCUT2D eigenvalue weighted by Gasteiger charge is -2.08. The van der Waals surface area contributed by atoms with Crippen molar-refractivity contribution in [1.29, 1.82) is 0 Å². The van der Waals surface area contributed by atoms with E-state index in [0.29, 0.717) is 0 Å². The molecule has 0 aliphatic heterocycles. The molecule has 0 bridgehead atoms. The van der Waals surface area contributed by atoms with Crippen LogP contribution in [0.3, 0.4) is 0 Å². The zero-order valence-corrected chi connectivity index (χ0v) is 14.4. The second-order valence-corrected chi connectivity index (χ2v) is 6.15. The van der Waals surface area contributed by atoms with Gasteiger partial charge in [-0.2, -0.15) is 0 Å². The molecule has 0 heteroatoms. The van der Waals surface area contributed by atoms with Crippen molar-refractivity contribution in [1.82, 2.24) is 0 Å². The fourth-order valence-electron chi connectivity index (χ4n) is 2.96. The molecule has 0 spiro atoms. The average Bonchev–Trinajstić information content (AvgIpc) is 2.74. The Hall–Kier alpha value is -3.56. The molecule has 0 saturated heterocycles. The second-order valence-electron chi connectivity index (χ2n) is 6.15. The molecule has 0 amide bonds. The summed E-state index contributed by atoms with van der Waals surface area (Å²) in [4.78, 5) is 0. The SMILES string of the molecule is C(#Cc1cc(-c2ccccc2)cc(-c2ccccc2)c1)c1ccccc1. The maximum atomic E-state index is 3.33. The summed E-state index contributed by atoms with van der Waals surface area (Å²) in [6.07, 6.45) is 0. The Bertz CT molecular complexity index is 993. The third-order valence-corrected chi connectivity index (χ3v) is 4.27. The summed E-state index contributed by atoms with van der Waals surface area (Å²) in [7, 11) is 0. The van der Waals surface area contributed by atoms with Gasteiger partial charge in [0.25, 0.3) is 0 Å². The molecular weight excluding hydrogens is 312 g/mol. The van der Waals surface area contributed by atoms with Crippen molar-refractivity contribution >= 4 is 0 Å². The van der Waals surface area contributed by atoms with Crippen LogP contribution in [0.4, 0.5) is 0 Å². The normalized spacial score (nSPS) is 10.0. The van der Waals surface area contributed by atoms with Gasteiger partial charge in [0.05, 0.1) is 0 Å². The topological polar surface area (TPSA) is 0 Å². The molecule has 0 aromatic heterocycles. The second kappa shape index (κ2) is 7.55. The van der Waals surface area contributed by atoms with Crippen LogP contribution in [-0.4, -0.2) is 0 Å². The van der Waals surface area contributed by atoms with Crippen LogP contribution in [0.2, 0.25) is 0 Å². The van der Waals surface area contributed by atoms with E-state index in [0.717, 1.165) is 11.1 Å². The fraction of sp³-hybridized carbons (Fsp3) is 0. The molecule has 0 heterocycles. The number of benzene rings is 4. The van der Waals surface area contributed by atoms with Crippen molar-refractivity contribution in [2.75, 3.05) is 0 Å². The van der Waals surface area contributed by atoms with Crippen LogP contribution in [0.1, 0.15) is 11.1 Å². The van der Waals surface area contributed by atoms with Crippen molar-refractivity contribution in [3.63, 3.8) is 0 Å². The number of hydrogen-bond donors (Lipinski definition) is 0. The maximum Gasteiger partial charge on any atom is 0.0261 e. The molecule has 4 aromatic rings. The van der Waals surface area contributed by atoms with Crippen molar-refractivity contribution in [3.8, 4) is 34.1 Å². The summed E-state index contributed by atoms with van der Waals surface area (Å²) in [5, 5.41) is 0. The Morgan fingerprint density at radius 2 is 0.769 bits per heavy atom. The van der Waals surface area contributed by atoms with Gasteiger partial charge in [-0.1, -0.05) is 90.7 Å². The van der Waals surface area contributed by atoms with Crippen molar-refractivity contribution in [2.45, 2.75) is 0 Å². The van der Waals surface area contributed by atoms with Crippen LogP contribution in [0.25, 0.3) is 22.3 Å². The van der Waals surface area contributed by atoms with Crippen LogP contribution in [0.5, 0.6) is 0 Å². The van der Waals surface area contributed by atoms with Gasteiger partial charge in [-0.15, -0.1) is 0 Å². The highest BCUT2D eigenvalue weighted by molar-refractivity contribution is 5.75. The Balaban J connectivity index is 1.82. The summed E-state index contributed by atoms with van der Waals surface area (Å²) in [5.41, 5.74) is 6.82. The molecule has 0 atom stereocenters. The van der Waals surface area contributed by atoms with E-state index in [1.807, 2.05) is 42.5 Å². The van der Waals surface area contributed by atoms with Gasteiger partial charge in [-0.25, -0.2) is 0 Å². The van der Waals surface area contributed by atoms with Gasteiger partial charge in [0, 0.05) is 11.1 Å². The predicted molar refractivity (Wildman–Crippen MR) is 110 cm³/mol. The molecule has 0 aliphatic carbocycles. The highest BCUT2D eigenvalue weighted by Crippen LogP contribution is 2.28. The molecule has 0 aliphatic rings. The molecule has 122 valence electrons. The lowest BCUT2D eigenvalue weighted by molar-refractivity contribution is 1.56. The molecule has 4 rings (SSSR count). The monoisotopic (exact) mass is 330 g/mol. The number of hydrogen-bond acceptors (Lipinski definition) is 0. The summed E-state index contributed by atoms with van der Waals surface area (Å²) in [6, 6.07) is 37.6. The van der Waals surface area contributed by atoms with Crippen LogP contribution in [0.15, 0.2) is 109 Å². The molecule has 0 nitrogen and oxygen atoms in total. The first-order valence-electron chi connectivity index (χ1n) is 8.71. The van der Waals surface area contributed by atoms with Crippen LogP contribution >= 0.6 is 0 Å². The third-order valence-electron chi connectivity index (χ3n) is 4.27. The van der Waals surface area contributed by atoms with E-state index in [1.54, 1.807) is 0 Å². The molecular formula is C26H18. The van der Waals surface area contributed by atoms with Gasteiger partial charge in [0.2, 0.25) is 0 Å². The van der Waals surface area contributed by atoms with Crippen LogP contribution in [-0.2, 0) is 0 Å². The third kappa shape index (κ3) is 3.74. The zero-order valence-electron chi connectivity index (χ0n) is 14.4. The van der Waals surface area contributed by atoms with E-state index in [1.165, 1.54) is 22.3 Å². The van der Waals surface area contributed by atoms with E-state index in [-0.39, 0.29) is 0 Å². The van der Waals surface area contributed by atoms with Crippen LogP contribution < -0.4 is 0 Å². The van der Waals surface area contributed by atoms with Gasteiger partial charge < -0.3 is 0 Å². The standard InChI is InChI=1S/C26H18/c1-4-10-21(11-5-1)16-17-22-18-25(23-12-6-2-7-13-23)20-26(19-22)24-14-8-3-9-15-24/h1-15,18-20H. The maximum absolute atomic E-state index is 3.33. The van der Waals surface area contributed by atoms with Gasteiger partial charge >= 0.3 is 0 Å². The minimum absolute atomic E-state index is 1.02. The first kappa shape index (κ1) is 15.9. The lowest BCUT2D eigenvalue weighted by Crippen LogP contribution is -1.85. The van der Waals surface area contributed by atoms with Crippen molar-refractivity contribution in [2.24, 2.45) is 0 Å². The molecule has 0 N–H and O–H groups in total. The molecule has 26 heavy (non-hydrogen) atoms. The van der Waals surface area contributed by atoms with E-state index < -0.39 is 0 Å². The molecule has 0 unspecified atom stereocenters. The smallest absolute Gasteiger partial charge is 0.0261 e. The molecule has 4 aromatic carbocycles. The zero-order chi connectivity index (χ0) is 17.6. The number of rotatable bonds is 2. The van der Waals surface area contributed by atoms with Gasteiger partial charge in [-0.05, 0) is 52.6 Å². The van der Waals surface area contributed by atoms with E-state index >= 15 is 0 Å². The largest absolute Gasteiger partial charge is 0.0622 e. The predicted octanol–water partition coefficient (Wildman–Crippen LogP) is 6.42. The van der Waals surface area contributed by atoms with E-state index in [4.69, 9.17) is 0 Å². The first-order chi connectivity index (χ1) is 12.9. The first-order valence-corrected chi connectivity index (χ1v) is 8.71. The van der Waals surface area contributed by atoms with Gasteiger partial charge in [0.15, 0.2) is 0 Å². The van der Waals surface area contributed by atoms with Gasteiger partial charge in [-0.3, -0.25) is 0 Å². The molecule has 0 radical (unpaired) electrons. The quantitative estimate of drug-likeness (QED) is 0.372. The highest BCUT2D eigenvalue weighted by atomic mass is 14.1. The summed E-state index contributed by atoms with van der Waals surface area (Å²) in [6.45, 7) is 0. The van der Waals surface area contributed by atoms with Crippen molar-refractivity contribution < 1.29 is 0 Å². The summed E-state index contributed by atoms with van der Waals surface area (Å²) < 4.78 is 0. The fourth-order valence-corrected chi connectivity index (χ4v) is 2.96. The average molecular weight is 330 g/mol. The Labute approximate surface area is 154 Å². The Morgan fingerprint density at radius 1 is 0.346 bits per heavy atom. The van der Waals surface area contributed by atoms with Crippen molar-refractivity contribution in [3.05, 3.63) is 120 Å². The summed E-state index contributed by atoms with van der Waals surface area (Å²) in [5.74, 6) is 6.60. The van der Waals surface area contributed by atoms with Crippen LogP contribution in [0, 0.1) is 11.8 Å². The Kier molecular flexibility index (Phi) is 4.63. The molecule has 0 fully saturated rings.